The Labute approximate surface area is 172 Å². The molecule has 0 saturated heterocycles. The van der Waals surface area contributed by atoms with Gasteiger partial charge in [-0.3, -0.25) is 9.36 Å². The first kappa shape index (κ1) is 18.6. The number of rotatable bonds is 5. The van der Waals surface area contributed by atoms with Crippen LogP contribution >= 0.6 is 11.6 Å². The molecule has 8 heteroatoms. The summed E-state index contributed by atoms with van der Waals surface area (Å²) in [5.41, 5.74) is 1.92. The van der Waals surface area contributed by atoms with Gasteiger partial charge in [-0.25, -0.2) is 15.0 Å². The predicted octanol–water partition coefficient (Wildman–Crippen LogP) is 4.62. The molecule has 0 aliphatic rings. The highest BCUT2D eigenvalue weighted by Gasteiger charge is 2.10. The Balaban J connectivity index is 1.48. The first-order chi connectivity index (χ1) is 14.1. The maximum Gasteiger partial charge on any atom is 0.257 e. The molecule has 4 aromatic rings. The molecule has 0 fully saturated rings. The Morgan fingerprint density at radius 2 is 1.79 bits per heavy atom. The summed E-state index contributed by atoms with van der Waals surface area (Å²) in [6.07, 6.45) is 5.20. The van der Waals surface area contributed by atoms with Crippen molar-refractivity contribution in [1.29, 1.82) is 0 Å². The maximum absolute atomic E-state index is 12.4. The van der Waals surface area contributed by atoms with E-state index in [0.717, 1.165) is 11.5 Å². The van der Waals surface area contributed by atoms with Crippen molar-refractivity contribution in [3.63, 3.8) is 0 Å². The van der Waals surface area contributed by atoms with Crippen LogP contribution in [-0.2, 0) is 0 Å². The van der Waals surface area contributed by atoms with Gasteiger partial charge in [0.05, 0.1) is 10.6 Å². The van der Waals surface area contributed by atoms with Gasteiger partial charge >= 0.3 is 0 Å². The zero-order chi connectivity index (χ0) is 20.2. The molecule has 0 aliphatic heterocycles. The fourth-order valence-corrected chi connectivity index (χ4v) is 2.99. The third-order valence-electron chi connectivity index (χ3n) is 4.13. The van der Waals surface area contributed by atoms with Gasteiger partial charge in [0, 0.05) is 29.8 Å². The topological polar surface area (TPSA) is 84.7 Å². The van der Waals surface area contributed by atoms with E-state index < -0.39 is 0 Å². The van der Waals surface area contributed by atoms with Crippen molar-refractivity contribution in [3.05, 3.63) is 89.7 Å². The normalized spacial score (nSPS) is 10.6. The molecule has 0 aliphatic carbocycles. The Kier molecular flexibility index (Phi) is 5.22. The van der Waals surface area contributed by atoms with Crippen LogP contribution in [0.1, 0.15) is 16.2 Å². The van der Waals surface area contributed by atoms with Crippen molar-refractivity contribution < 1.29 is 4.79 Å². The number of benzene rings is 2. The zero-order valence-electron chi connectivity index (χ0n) is 15.5. The van der Waals surface area contributed by atoms with Gasteiger partial charge in [0.25, 0.3) is 5.91 Å². The number of amides is 1. The molecular formula is C21H17ClN6O. The quantitative estimate of drug-likeness (QED) is 0.507. The summed E-state index contributed by atoms with van der Waals surface area (Å²) in [5, 5.41) is 6.50. The predicted molar refractivity (Wildman–Crippen MR) is 113 cm³/mol. The van der Waals surface area contributed by atoms with Gasteiger partial charge in [0.15, 0.2) is 0 Å². The lowest BCUT2D eigenvalue weighted by atomic mass is 10.2. The largest absolute Gasteiger partial charge is 0.340 e. The van der Waals surface area contributed by atoms with Gasteiger partial charge in [0.1, 0.15) is 23.8 Å². The average molecular weight is 405 g/mol. The summed E-state index contributed by atoms with van der Waals surface area (Å²) in [4.78, 5) is 25.2. The molecule has 1 amide bonds. The number of carbonyl (C=O) groups is 1. The lowest BCUT2D eigenvalue weighted by Crippen LogP contribution is -2.12. The van der Waals surface area contributed by atoms with E-state index in [9.17, 15) is 4.79 Å². The number of anilines is 3. The lowest BCUT2D eigenvalue weighted by Gasteiger charge is -2.10. The number of nitrogens with one attached hydrogen (secondary N) is 2. The number of nitrogens with zero attached hydrogens (tertiary/aromatic N) is 4. The summed E-state index contributed by atoms with van der Waals surface area (Å²) in [6.45, 7) is 1.83. The third-order valence-corrected chi connectivity index (χ3v) is 4.46. The highest BCUT2D eigenvalue weighted by Crippen LogP contribution is 2.21. The van der Waals surface area contributed by atoms with Gasteiger partial charge < -0.3 is 10.6 Å². The first-order valence-electron chi connectivity index (χ1n) is 8.85. The van der Waals surface area contributed by atoms with E-state index in [4.69, 9.17) is 11.6 Å². The molecule has 2 aromatic heterocycles. The Morgan fingerprint density at radius 3 is 2.52 bits per heavy atom. The van der Waals surface area contributed by atoms with Gasteiger partial charge in [-0.1, -0.05) is 23.7 Å². The number of aromatic nitrogens is 4. The average Bonchev–Trinajstić information content (AvgIpc) is 3.24. The van der Waals surface area contributed by atoms with Crippen molar-refractivity contribution in [2.75, 3.05) is 10.6 Å². The van der Waals surface area contributed by atoms with Crippen LogP contribution in [0.3, 0.4) is 0 Å². The maximum atomic E-state index is 12.4. The molecule has 2 aromatic carbocycles. The monoisotopic (exact) mass is 404 g/mol. The fourth-order valence-electron chi connectivity index (χ4n) is 2.77. The van der Waals surface area contributed by atoms with Crippen LogP contribution < -0.4 is 10.6 Å². The molecule has 0 saturated carbocycles. The molecule has 2 heterocycles. The Hall–Kier alpha value is -3.71. The Bertz CT molecular complexity index is 1140. The smallest absolute Gasteiger partial charge is 0.257 e. The van der Waals surface area contributed by atoms with E-state index in [2.05, 4.69) is 25.6 Å². The standard InChI is InChI=1S/C21H17ClN6O/c1-14-24-19(12-20(25-14)28-11-10-23-13-28)26-15-6-8-16(9-7-15)27-21(29)17-4-2-3-5-18(17)22/h2-13H,1H3,(H,27,29)(H,24,25,26). The van der Waals surface area contributed by atoms with E-state index in [-0.39, 0.29) is 5.91 Å². The lowest BCUT2D eigenvalue weighted by molar-refractivity contribution is 0.102. The first-order valence-corrected chi connectivity index (χ1v) is 9.23. The third kappa shape index (κ3) is 4.41. The minimum absolute atomic E-state index is 0.257. The fraction of sp³-hybridized carbons (Fsp3) is 0.0476. The molecule has 29 heavy (non-hydrogen) atoms. The highest BCUT2D eigenvalue weighted by molar-refractivity contribution is 6.34. The number of halogens is 1. The van der Waals surface area contributed by atoms with Crippen molar-refractivity contribution in [2.24, 2.45) is 0 Å². The molecule has 2 N–H and O–H groups in total. The van der Waals surface area contributed by atoms with E-state index in [1.54, 1.807) is 36.8 Å². The van der Waals surface area contributed by atoms with Crippen molar-refractivity contribution in [2.45, 2.75) is 6.92 Å². The zero-order valence-corrected chi connectivity index (χ0v) is 16.3. The SMILES string of the molecule is Cc1nc(Nc2ccc(NC(=O)c3ccccc3Cl)cc2)cc(-n2ccnc2)n1. The summed E-state index contributed by atoms with van der Waals surface area (Å²) in [5.74, 6) is 1.77. The van der Waals surface area contributed by atoms with Crippen molar-refractivity contribution >= 4 is 34.7 Å². The second-order valence-electron chi connectivity index (χ2n) is 6.26. The van der Waals surface area contributed by atoms with Crippen molar-refractivity contribution in [3.8, 4) is 5.82 Å². The number of aryl methyl sites for hydroxylation is 1. The van der Waals surface area contributed by atoms with E-state index in [1.807, 2.05) is 48.0 Å². The number of hydrogen-bond acceptors (Lipinski definition) is 5. The number of imidazole rings is 1. The van der Waals surface area contributed by atoms with Gasteiger partial charge in [0.2, 0.25) is 0 Å². The van der Waals surface area contributed by atoms with Crippen LogP contribution in [0.4, 0.5) is 17.2 Å². The van der Waals surface area contributed by atoms with Crippen LogP contribution in [0.5, 0.6) is 0 Å². The van der Waals surface area contributed by atoms with E-state index >= 15 is 0 Å². The molecule has 7 nitrogen and oxygen atoms in total. The second-order valence-corrected chi connectivity index (χ2v) is 6.67. The molecule has 0 atom stereocenters. The van der Waals surface area contributed by atoms with Gasteiger partial charge in [-0.2, -0.15) is 0 Å². The van der Waals surface area contributed by atoms with Crippen LogP contribution in [0.2, 0.25) is 5.02 Å². The number of carbonyl (C=O) groups excluding carboxylic acids is 1. The second kappa shape index (κ2) is 8.12. The summed E-state index contributed by atoms with van der Waals surface area (Å²) >= 11 is 6.07. The van der Waals surface area contributed by atoms with Crippen LogP contribution in [0.15, 0.2) is 73.3 Å². The molecule has 0 radical (unpaired) electrons. The highest BCUT2D eigenvalue weighted by atomic mass is 35.5. The molecule has 0 spiro atoms. The van der Waals surface area contributed by atoms with Crippen LogP contribution in [0, 0.1) is 6.92 Å². The van der Waals surface area contributed by atoms with Gasteiger partial charge in [-0.05, 0) is 43.3 Å². The number of hydrogen-bond donors (Lipinski definition) is 2. The van der Waals surface area contributed by atoms with E-state index in [1.165, 1.54) is 0 Å². The molecule has 0 unspecified atom stereocenters. The van der Waals surface area contributed by atoms with E-state index in [0.29, 0.717) is 27.9 Å². The molecule has 4 rings (SSSR count). The Morgan fingerprint density at radius 1 is 1.03 bits per heavy atom. The molecular weight excluding hydrogens is 388 g/mol. The van der Waals surface area contributed by atoms with Crippen molar-refractivity contribution in [1.82, 2.24) is 19.5 Å². The summed E-state index contributed by atoms with van der Waals surface area (Å²) < 4.78 is 1.81. The molecule has 0 bridgehead atoms. The van der Waals surface area contributed by atoms with Crippen LogP contribution in [0.25, 0.3) is 5.82 Å². The molecule has 144 valence electrons. The summed E-state index contributed by atoms with van der Waals surface area (Å²) in [6, 6.07) is 16.1. The van der Waals surface area contributed by atoms with Crippen LogP contribution in [-0.4, -0.2) is 25.4 Å². The summed E-state index contributed by atoms with van der Waals surface area (Å²) in [7, 11) is 0. The minimum atomic E-state index is -0.257. The van der Waals surface area contributed by atoms with Gasteiger partial charge in [-0.15, -0.1) is 0 Å². The minimum Gasteiger partial charge on any atom is -0.340 e.